The van der Waals surface area contributed by atoms with Crippen LogP contribution in [-0.4, -0.2) is 50.5 Å². The van der Waals surface area contributed by atoms with E-state index in [-0.39, 0.29) is 12.5 Å². The highest BCUT2D eigenvalue weighted by Crippen LogP contribution is 2.26. The van der Waals surface area contributed by atoms with Gasteiger partial charge in [0.05, 0.1) is 11.9 Å². The molecule has 1 unspecified atom stereocenters. The topological polar surface area (TPSA) is 86.8 Å². The smallest absolute Gasteiger partial charge is 0.244 e. The number of rotatable bonds is 10. The summed E-state index contributed by atoms with van der Waals surface area (Å²) in [6.45, 7) is 5.13. The molecule has 33 heavy (non-hydrogen) atoms. The summed E-state index contributed by atoms with van der Waals surface area (Å²) in [4.78, 5) is 27.3. The predicted molar refractivity (Wildman–Crippen MR) is 128 cm³/mol. The Bertz CT molecular complexity index is 1090. The van der Waals surface area contributed by atoms with E-state index in [1.165, 1.54) is 35.2 Å². The lowest BCUT2D eigenvalue weighted by Crippen LogP contribution is -2.51. The van der Waals surface area contributed by atoms with Crippen LogP contribution in [0.1, 0.15) is 31.4 Å². The van der Waals surface area contributed by atoms with Gasteiger partial charge in [0, 0.05) is 18.1 Å². The first-order valence-corrected chi connectivity index (χ1v) is 12.7. The summed E-state index contributed by atoms with van der Waals surface area (Å²) in [6.07, 6.45) is 1.73. The van der Waals surface area contributed by atoms with Crippen molar-refractivity contribution >= 4 is 39.1 Å². The number of amides is 2. The minimum absolute atomic E-state index is 0.0109. The van der Waals surface area contributed by atoms with Crippen molar-refractivity contribution in [2.24, 2.45) is 0 Å². The number of carbonyl (C=O) groups excluding carboxylic acids is 2. The van der Waals surface area contributed by atoms with Gasteiger partial charge < -0.3 is 10.2 Å². The second-order valence-electron chi connectivity index (χ2n) is 7.82. The van der Waals surface area contributed by atoms with E-state index >= 15 is 0 Å². The summed E-state index contributed by atoms with van der Waals surface area (Å²) in [5.41, 5.74) is 1.51. The molecule has 0 aliphatic heterocycles. The maximum Gasteiger partial charge on any atom is 0.244 e. The van der Waals surface area contributed by atoms with Crippen LogP contribution in [0.4, 0.5) is 10.1 Å². The van der Waals surface area contributed by atoms with Gasteiger partial charge in [-0.05, 0) is 61.7 Å². The maximum atomic E-state index is 13.4. The fraction of sp³-hybridized carbons (Fsp3) is 0.391. The lowest BCUT2D eigenvalue weighted by Gasteiger charge is -2.32. The number of benzene rings is 2. The van der Waals surface area contributed by atoms with Crippen LogP contribution in [0.15, 0.2) is 42.5 Å². The highest BCUT2D eigenvalue weighted by atomic mass is 35.5. The Labute approximate surface area is 199 Å². The van der Waals surface area contributed by atoms with Crippen LogP contribution in [-0.2, 0) is 26.2 Å². The molecule has 0 aliphatic carbocycles. The monoisotopic (exact) mass is 497 g/mol. The van der Waals surface area contributed by atoms with Crippen LogP contribution >= 0.6 is 11.6 Å². The Balaban J connectivity index is 2.39. The Kier molecular flexibility index (Phi) is 9.25. The summed E-state index contributed by atoms with van der Waals surface area (Å²) in [7, 11) is -3.83. The molecular formula is C23H29ClFN3O4S. The molecule has 0 spiro atoms. The van der Waals surface area contributed by atoms with Gasteiger partial charge in [0.2, 0.25) is 21.8 Å². The summed E-state index contributed by atoms with van der Waals surface area (Å²) >= 11 is 6.00. The largest absolute Gasteiger partial charge is 0.354 e. The van der Waals surface area contributed by atoms with Crippen molar-refractivity contribution in [1.29, 1.82) is 0 Å². The minimum Gasteiger partial charge on any atom is -0.354 e. The first kappa shape index (κ1) is 26.6. The molecule has 0 heterocycles. The number of aryl methyl sites for hydroxylation is 1. The molecule has 0 radical (unpaired) electrons. The van der Waals surface area contributed by atoms with Crippen LogP contribution < -0.4 is 9.62 Å². The molecule has 2 aromatic carbocycles. The normalized spacial score (nSPS) is 12.2. The summed E-state index contributed by atoms with van der Waals surface area (Å²) in [5, 5.41) is 3.19. The molecule has 0 fully saturated rings. The molecule has 7 nitrogen and oxygen atoms in total. The Morgan fingerprint density at radius 3 is 2.33 bits per heavy atom. The zero-order valence-electron chi connectivity index (χ0n) is 19.1. The highest BCUT2D eigenvalue weighted by molar-refractivity contribution is 7.92. The second kappa shape index (κ2) is 11.5. The zero-order valence-corrected chi connectivity index (χ0v) is 20.7. The molecule has 10 heteroatoms. The number of halogens is 2. The molecule has 2 aromatic rings. The molecule has 2 rings (SSSR count). The lowest BCUT2D eigenvalue weighted by atomic mass is 10.1. The van der Waals surface area contributed by atoms with E-state index in [0.29, 0.717) is 28.4 Å². The summed E-state index contributed by atoms with van der Waals surface area (Å²) < 4.78 is 39.5. The van der Waals surface area contributed by atoms with Gasteiger partial charge in [-0.2, -0.15) is 0 Å². The van der Waals surface area contributed by atoms with Gasteiger partial charge in [0.25, 0.3) is 0 Å². The van der Waals surface area contributed by atoms with E-state index in [0.717, 1.165) is 17.0 Å². The lowest BCUT2D eigenvalue weighted by molar-refractivity contribution is -0.139. The molecule has 2 amide bonds. The van der Waals surface area contributed by atoms with E-state index in [9.17, 15) is 22.4 Å². The van der Waals surface area contributed by atoms with Crippen LogP contribution in [0.3, 0.4) is 0 Å². The van der Waals surface area contributed by atoms with Crippen molar-refractivity contribution < 1.29 is 22.4 Å². The molecule has 0 saturated carbocycles. The average molecular weight is 498 g/mol. The number of hydrogen-bond donors (Lipinski definition) is 1. The molecule has 0 saturated heterocycles. The average Bonchev–Trinajstić information content (AvgIpc) is 2.74. The van der Waals surface area contributed by atoms with E-state index in [1.54, 1.807) is 26.0 Å². The maximum absolute atomic E-state index is 13.4. The molecule has 0 aliphatic rings. The third kappa shape index (κ3) is 7.43. The first-order valence-electron chi connectivity index (χ1n) is 10.5. The number of anilines is 1. The predicted octanol–water partition coefficient (Wildman–Crippen LogP) is 3.50. The number of nitrogens with zero attached hydrogens (tertiary/aromatic N) is 2. The SMILES string of the molecule is CCCNC(=O)C(C)N(Cc1ccc(F)cc1)C(=O)CN(c1ccc(Cl)cc1C)S(C)(=O)=O. The van der Waals surface area contributed by atoms with E-state index in [1.807, 2.05) is 6.92 Å². The fourth-order valence-electron chi connectivity index (χ4n) is 3.26. The number of hydrogen-bond acceptors (Lipinski definition) is 4. The highest BCUT2D eigenvalue weighted by Gasteiger charge is 2.30. The van der Waals surface area contributed by atoms with Crippen molar-refractivity contribution in [1.82, 2.24) is 10.2 Å². The number of carbonyl (C=O) groups is 2. The first-order chi connectivity index (χ1) is 15.4. The van der Waals surface area contributed by atoms with Crippen LogP contribution in [0, 0.1) is 12.7 Å². The van der Waals surface area contributed by atoms with Gasteiger partial charge in [-0.3, -0.25) is 13.9 Å². The zero-order chi connectivity index (χ0) is 24.8. The molecule has 0 aromatic heterocycles. The fourth-order valence-corrected chi connectivity index (χ4v) is 4.39. The quantitative estimate of drug-likeness (QED) is 0.544. The summed E-state index contributed by atoms with van der Waals surface area (Å²) in [6, 6.07) is 9.38. The van der Waals surface area contributed by atoms with E-state index in [2.05, 4.69) is 5.32 Å². The molecule has 180 valence electrons. The number of nitrogens with one attached hydrogen (secondary N) is 1. The second-order valence-corrected chi connectivity index (χ2v) is 10.2. The van der Waals surface area contributed by atoms with Crippen molar-refractivity contribution in [3.63, 3.8) is 0 Å². The van der Waals surface area contributed by atoms with Crippen LogP contribution in [0.2, 0.25) is 5.02 Å². The van der Waals surface area contributed by atoms with Gasteiger partial charge in [0.1, 0.15) is 18.4 Å². The Morgan fingerprint density at radius 2 is 1.79 bits per heavy atom. The Hall–Kier alpha value is -2.65. The van der Waals surface area contributed by atoms with Crippen LogP contribution in [0.5, 0.6) is 0 Å². The molecule has 0 bridgehead atoms. The van der Waals surface area contributed by atoms with Gasteiger partial charge in [0.15, 0.2) is 0 Å². The Morgan fingerprint density at radius 1 is 1.15 bits per heavy atom. The van der Waals surface area contributed by atoms with Gasteiger partial charge in [-0.15, -0.1) is 0 Å². The van der Waals surface area contributed by atoms with Crippen molar-refractivity contribution in [2.75, 3.05) is 23.7 Å². The van der Waals surface area contributed by atoms with Gasteiger partial charge >= 0.3 is 0 Å². The minimum atomic E-state index is -3.83. The van der Waals surface area contributed by atoms with Crippen LogP contribution in [0.25, 0.3) is 0 Å². The van der Waals surface area contributed by atoms with E-state index in [4.69, 9.17) is 11.6 Å². The van der Waals surface area contributed by atoms with Crippen molar-refractivity contribution in [3.8, 4) is 0 Å². The van der Waals surface area contributed by atoms with Crippen molar-refractivity contribution in [3.05, 3.63) is 64.4 Å². The van der Waals surface area contributed by atoms with Crippen molar-refractivity contribution in [2.45, 2.75) is 39.8 Å². The standard InChI is InChI=1S/C23H29ClFN3O4S/c1-5-12-26-23(30)17(3)27(14-18-6-9-20(25)10-7-18)22(29)15-28(33(4,31)32)21-11-8-19(24)13-16(21)2/h6-11,13,17H,5,12,14-15H2,1-4H3,(H,26,30). The third-order valence-corrected chi connectivity index (χ3v) is 6.45. The molecule has 1 atom stereocenters. The third-order valence-electron chi connectivity index (χ3n) is 5.09. The summed E-state index contributed by atoms with van der Waals surface area (Å²) in [5.74, 6) is -1.36. The molecule has 1 N–H and O–H groups in total. The number of sulfonamides is 1. The van der Waals surface area contributed by atoms with Gasteiger partial charge in [-0.25, -0.2) is 12.8 Å². The van der Waals surface area contributed by atoms with E-state index < -0.39 is 34.3 Å². The molecular weight excluding hydrogens is 469 g/mol. The van der Waals surface area contributed by atoms with Gasteiger partial charge in [-0.1, -0.05) is 30.7 Å².